The van der Waals surface area contributed by atoms with Gasteiger partial charge in [0.1, 0.15) is 9.84 Å². The van der Waals surface area contributed by atoms with Crippen LogP contribution in [0.5, 0.6) is 0 Å². The standard InChI is InChI=1S/C10H12BrNO2S/c11-9-1-4-12-10(7-9)8-2-5-15(13,14)6-3-8/h1,4,7-8H,2-3,5-6H2. The third-order valence-corrected chi connectivity index (χ3v) is 4.92. The maximum absolute atomic E-state index is 11.3. The minimum absolute atomic E-state index is 0.297. The van der Waals surface area contributed by atoms with E-state index < -0.39 is 9.84 Å². The van der Waals surface area contributed by atoms with E-state index in [2.05, 4.69) is 20.9 Å². The summed E-state index contributed by atoms with van der Waals surface area (Å²) < 4.78 is 23.5. The smallest absolute Gasteiger partial charge is 0.150 e. The second kappa shape index (κ2) is 4.22. The van der Waals surface area contributed by atoms with Crippen molar-refractivity contribution in [3.8, 4) is 0 Å². The van der Waals surface area contributed by atoms with E-state index in [0.717, 1.165) is 10.2 Å². The van der Waals surface area contributed by atoms with E-state index in [0.29, 0.717) is 30.3 Å². The van der Waals surface area contributed by atoms with Crippen LogP contribution < -0.4 is 0 Å². The van der Waals surface area contributed by atoms with Gasteiger partial charge in [0.25, 0.3) is 0 Å². The summed E-state index contributed by atoms with van der Waals surface area (Å²) in [6, 6.07) is 3.85. The van der Waals surface area contributed by atoms with Gasteiger partial charge in [-0.15, -0.1) is 0 Å². The van der Waals surface area contributed by atoms with Crippen LogP contribution in [0, 0.1) is 0 Å². The van der Waals surface area contributed by atoms with Crippen molar-refractivity contribution in [1.29, 1.82) is 0 Å². The Kier molecular flexibility index (Phi) is 3.11. The lowest BCUT2D eigenvalue weighted by Gasteiger charge is -2.21. The summed E-state index contributed by atoms with van der Waals surface area (Å²) in [6.07, 6.45) is 3.15. The van der Waals surface area contributed by atoms with Gasteiger partial charge in [0.2, 0.25) is 0 Å². The largest absolute Gasteiger partial charge is 0.261 e. The fourth-order valence-corrected chi connectivity index (χ4v) is 3.67. The molecule has 0 spiro atoms. The van der Waals surface area contributed by atoms with Gasteiger partial charge in [-0.25, -0.2) is 8.42 Å². The summed E-state index contributed by atoms with van der Waals surface area (Å²) >= 11 is 3.39. The summed E-state index contributed by atoms with van der Waals surface area (Å²) in [5.41, 5.74) is 0.999. The van der Waals surface area contributed by atoms with Crippen LogP contribution in [0.4, 0.5) is 0 Å². The highest BCUT2D eigenvalue weighted by Gasteiger charge is 2.25. The molecule has 0 saturated carbocycles. The van der Waals surface area contributed by atoms with Gasteiger partial charge in [-0.1, -0.05) is 15.9 Å². The lowest BCUT2D eigenvalue weighted by Crippen LogP contribution is -2.22. The predicted octanol–water partition coefficient (Wildman–Crippen LogP) is 2.14. The Labute approximate surface area is 98.0 Å². The van der Waals surface area contributed by atoms with Crippen molar-refractivity contribution in [3.05, 3.63) is 28.5 Å². The van der Waals surface area contributed by atoms with Crippen molar-refractivity contribution >= 4 is 25.8 Å². The molecule has 1 aliphatic heterocycles. The minimum atomic E-state index is -2.77. The summed E-state index contributed by atoms with van der Waals surface area (Å²) in [7, 11) is -2.77. The van der Waals surface area contributed by atoms with E-state index in [9.17, 15) is 8.42 Å². The lowest BCUT2D eigenvalue weighted by molar-refractivity contribution is 0.544. The average Bonchev–Trinajstić information content (AvgIpc) is 2.17. The number of halogens is 1. The van der Waals surface area contributed by atoms with Crippen LogP contribution in [0.1, 0.15) is 24.5 Å². The summed E-state index contributed by atoms with van der Waals surface area (Å²) in [5, 5.41) is 0. The summed E-state index contributed by atoms with van der Waals surface area (Å²) in [5.74, 6) is 0.892. The molecular formula is C10H12BrNO2S. The monoisotopic (exact) mass is 289 g/mol. The molecule has 0 N–H and O–H groups in total. The van der Waals surface area contributed by atoms with Crippen molar-refractivity contribution in [3.63, 3.8) is 0 Å². The number of hydrogen-bond acceptors (Lipinski definition) is 3. The van der Waals surface area contributed by atoms with Crippen molar-refractivity contribution < 1.29 is 8.42 Å². The van der Waals surface area contributed by atoms with Crippen LogP contribution in [0.2, 0.25) is 0 Å². The lowest BCUT2D eigenvalue weighted by atomic mass is 9.98. The highest BCUT2D eigenvalue weighted by Crippen LogP contribution is 2.28. The number of sulfone groups is 1. The molecule has 0 aromatic carbocycles. The highest BCUT2D eigenvalue weighted by atomic mass is 79.9. The molecule has 0 bridgehead atoms. The minimum Gasteiger partial charge on any atom is -0.261 e. The molecule has 0 amide bonds. The zero-order valence-electron chi connectivity index (χ0n) is 8.19. The molecule has 0 unspecified atom stereocenters. The highest BCUT2D eigenvalue weighted by molar-refractivity contribution is 9.10. The van der Waals surface area contributed by atoms with Crippen LogP contribution in [0.3, 0.4) is 0 Å². The van der Waals surface area contributed by atoms with Crippen molar-refractivity contribution in [2.75, 3.05) is 11.5 Å². The molecule has 0 aliphatic carbocycles. The molecule has 15 heavy (non-hydrogen) atoms. The van der Waals surface area contributed by atoms with Crippen LogP contribution in [-0.4, -0.2) is 24.9 Å². The second-order valence-corrected chi connectivity index (χ2v) is 7.04. The van der Waals surface area contributed by atoms with E-state index in [4.69, 9.17) is 0 Å². The molecular weight excluding hydrogens is 278 g/mol. The zero-order chi connectivity index (χ0) is 10.9. The summed E-state index contributed by atoms with van der Waals surface area (Å²) in [6.45, 7) is 0. The Hall–Kier alpha value is -0.420. The molecule has 1 saturated heterocycles. The van der Waals surface area contributed by atoms with Crippen molar-refractivity contribution in [2.45, 2.75) is 18.8 Å². The first-order valence-corrected chi connectivity index (χ1v) is 7.50. The number of nitrogens with zero attached hydrogens (tertiary/aromatic N) is 1. The topological polar surface area (TPSA) is 47.0 Å². The Morgan fingerprint density at radius 2 is 2.00 bits per heavy atom. The molecule has 1 fully saturated rings. The quantitative estimate of drug-likeness (QED) is 0.796. The maximum Gasteiger partial charge on any atom is 0.150 e. The Balaban J connectivity index is 2.14. The number of rotatable bonds is 1. The molecule has 5 heteroatoms. The fraction of sp³-hybridized carbons (Fsp3) is 0.500. The van der Waals surface area contributed by atoms with Gasteiger partial charge in [-0.3, -0.25) is 4.98 Å². The molecule has 0 radical (unpaired) electrons. The van der Waals surface area contributed by atoms with Gasteiger partial charge in [-0.05, 0) is 25.0 Å². The van der Waals surface area contributed by atoms with Crippen LogP contribution >= 0.6 is 15.9 Å². The normalized spacial score (nSPS) is 21.4. The van der Waals surface area contributed by atoms with E-state index in [1.165, 1.54) is 0 Å². The Morgan fingerprint density at radius 1 is 1.33 bits per heavy atom. The maximum atomic E-state index is 11.3. The van der Waals surface area contributed by atoms with Crippen LogP contribution in [-0.2, 0) is 9.84 Å². The van der Waals surface area contributed by atoms with Crippen LogP contribution in [0.25, 0.3) is 0 Å². The van der Waals surface area contributed by atoms with Gasteiger partial charge in [0.05, 0.1) is 11.5 Å². The predicted molar refractivity (Wildman–Crippen MR) is 62.6 cm³/mol. The van der Waals surface area contributed by atoms with Gasteiger partial charge in [0, 0.05) is 22.3 Å². The summed E-state index contributed by atoms with van der Waals surface area (Å²) in [4.78, 5) is 4.29. The molecule has 1 aromatic heterocycles. The second-order valence-electron chi connectivity index (χ2n) is 3.83. The first kappa shape index (κ1) is 11.1. The third kappa shape index (κ3) is 2.78. The number of hydrogen-bond donors (Lipinski definition) is 0. The molecule has 82 valence electrons. The number of pyridine rings is 1. The van der Waals surface area contributed by atoms with E-state index in [1.807, 2.05) is 12.1 Å². The van der Waals surface area contributed by atoms with Gasteiger partial charge in [-0.2, -0.15) is 0 Å². The van der Waals surface area contributed by atoms with Gasteiger partial charge in [0.15, 0.2) is 0 Å². The zero-order valence-corrected chi connectivity index (χ0v) is 10.6. The average molecular weight is 290 g/mol. The SMILES string of the molecule is O=S1(=O)CCC(c2cc(Br)ccn2)CC1. The van der Waals surface area contributed by atoms with Crippen molar-refractivity contribution in [1.82, 2.24) is 4.98 Å². The van der Waals surface area contributed by atoms with Crippen molar-refractivity contribution in [2.24, 2.45) is 0 Å². The molecule has 2 rings (SSSR count). The molecule has 1 aromatic rings. The first-order chi connectivity index (χ1) is 7.07. The van der Waals surface area contributed by atoms with Crippen LogP contribution in [0.15, 0.2) is 22.8 Å². The Bertz CT molecular complexity index is 444. The van der Waals surface area contributed by atoms with Gasteiger partial charge < -0.3 is 0 Å². The van der Waals surface area contributed by atoms with E-state index in [1.54, 1.807) is 6.20 Å². The molecule has 2 heterocycles. The first-order valence-electron chi connectivity index (χ1n) is 4.89. The fourth-order valence-electron chi connectivity index (χ4n) is 1.83. The molecule has 1 aliphatic rings. The molecule has 0 atom stereocenters. The third-order valence-electron chi connectivity index (χ3n) is 2.72. The van der Waals surface area contributed by atoms with E-state index in [-0.39, 0.29) is 0 Å². The molecule has 3 nitrogen and oxygen atoms in total. The Morgan fingerprint density at radius 3 is 2.60 bits per heavy atom. The van der Waals surface area contributed by atoms with E-state index >= 15 is 0 Å². The van der Waals surface area contributed by atoms with Gasteiger partial charge >= 0.3 is 0 Å². The number of aromatic nitrogens is 1.